The molecule has 0 bridgehead atoms. The predicted molar refractivity (Wildman–Crippen MR) is 118 cm³/mol. The second-order valence-corrected chi connectivity index (χ2v) is 7.75. The Morgan fingerprint density at radius 3 is 2.52 bits per heavy atom. The number of nitrogens with zero attached hydrogens (tertiary/aromatic N) is 3. The molecule has 1 heterocycles. The SMILES string of the molecule is NNC(=O)CNC(=O)CCSc1nnc(COc2ccc(Cl)cc2)n1-c1ccccc1. The molecule has 3 rings (SSSR count). The summed E-state index contributed by atoms with van der Waals surface area (Å²) in [6, 6.07) is 16.7. The number of amides is 2. The monoisotopic (exact) mass is 460 g/mol. The van der Waals surface area contributed by atoms with Gasteiger partial charge in [0.15, 0.2) is 11.0 Å². The molecule has 4 N–H and O–H groups in total. The van der Waals surface area contributed by atoms with Gasteiger partial charge >= 0.3 is 0 Å². The molecule has 0 saturated heterocycles. The van der Waals surface area contributed by atoms with Crippen LogP contribution >= 0.6 is 23.4 Å². The van der Waals surface area contributed by atoms with Gasteiger partial charge in [0.1, 0.15) is 12.4 Å². The van der Waals surface area contributed by atoms with Gasteiger partial charge in [-0.2, -0.15) is 0 Å². The molecule has 0 unspecified atom stereocenters. The number of aromatic nitrogens is 3. The van der Waals surface area contributed by atoms with Crippen molar-refractivity contribution >= 4 is 35.2 Å². The highest BCUT2D eigenvalue weighted by Crippen LogP contribution is 2.24. The third-order valence-electron chi connectivity index (χ3n) is 4.06. The molecule has 0 spiro atoms. The maximum absolute atomic E-state index is 11.9. The van der Waals surface area contributed by atoms with Crippen molar-refractivity contribution < 1.29 is 14.3 Å². The van der Waals surface area contributed by atoms with Gasteiger partial charge in [-0.05, 0) is 36.4 Å². The minimum atomic E-state index is -0.463. The zero-order chi connectivity index (χ0) is 22.1. The molecule has 9 nitrogen and oxygen atoms in total. The number of carbonyl (C=O) groups is 2. The number of para-hydroxylation sites is 1. The number of halogens is 1. The first-order valence-electron chi connectivity index (χ1n) is 9.34. The van der Waals surface area contributed by atoms with Crippen molar-refractivity contribution in [3.8, 4) is 11.4 Å². The first-order chi connectivity index (χ1) is 15.1. The van der Waals surface area contributed by atoms with Crippen LogP contribution in [0.15, 0.2) is 59.8 Å². The van der Waals surface area contributed by atoms with Gasteiger partial charge in [0.2, 0.25) is 5.91 Å². The van der Waals surface area contributed by atoms with Gasteiger partial charge in [-0.1, -0.05) is 41.6 Å². The van der Waals surface area contributed by atoms with Gasteiger partial charge in [-0.15, -0.1) is 10.2 Å². The van der Waals surface area contributed by atoms with Gasteiger partial charge in [-0.25, -0.2) is 5.84 Å². The highest BCUT2D eigenvalue weighted by Gasteiger charge is 2.16. The van der Waals surface area contributed by atoms with Gasteiger partial charge in [0.05, 0.1) is 6.54 Å². The molecule has 3 aromatic rings. The molecule has 0 aliphatic heterocycles. The van der Waals surface area contributed by atoms with Crippen LogP contribution in [-0.4, -0.2) is 38.9 Å². The maximum atomic E-state index is 11.9. The molecule has 2 amide bonds. The zero-order valence-electron chi connectivity index (χ0n) is 16.5. The van der Waals surface area contributed by atoms with Crippen LogP contribution in [0.2, 0.25) is 5.02 Å². The number of hydrogen-bond acceptors (Lipinski definition) is 7. The Morgan fingerprint density at radius 1 is 1.06 bits per heavy atom. The van der Waals surface area contributed by atoms with E-state index in [-0.39, 0.29) is 25.5 Å². The minimum absolute atomic E-state index is 0.160. The lowest BCUT2D eigenvalue weighted by Crippen LogP contribution is -2.40. The molecule has 1 aromatic heterocycles. The number of ether oxygens (including phenoxy) is 1. The van der Waals surface area contributed by atoms with E-state index in [0.29, 0.717) is 27.5 Å². The van der Waals surface area contributed by atoms with E-state index in [1.54, 1.807) is 24.3 Å². The fraction of sp³-hybridized carbons (Fsp3) is 0.200. The molecule has 11 heteroatoms. The smallest absolute Gasteiger partial charge is 0.253 e. The van der Waals surface area contributed by atoms with Crippen LogP contribution in [0.4, 0.5) is 0 Å². The van der Waals surface area contributed by atoms with Crippen molar-refractivity contribution in [1.82, 2.24) is 25.5 Å². The minimum Gasteiger partial charge on any atom is -0.486 e. The van der Waals surface area contributed by atoms with E-state index in [9.17, 15) is 9.59 Å². The summed E-state index contributed by atoms with van der Waals surface area (Å²) in [5.74, 6) is 6.01. The summed E-state index contributed by atoms with van der Waals surface area (Å²) in [7, 11) is 0. The third kappa shape index (κ3) is 6.71. The number of rotatable bonds is 10. The fourth-order valence-electron chi connectivity index (χ4n) is 2.56. The van der Waals surface area contributed by atoms with Gasteiger partial charge in [0, 0.05) is 22.9 Å². The van der Waals surface area contributed by atoms with Crippen LogP contribution in [0, 0.1) is 0 Å². The van der Waals surface area contributed by atoms with Gasteiger partial charge in [0.25, 0.3) is 5.91 Å². The fourth-order valence-corrected chi connectivity index (χ4v) is 3.59. The standard InChI is InChI=1S/C20H21ClN6O3S/c21-14-6-8-16(9-7-14)30-13-17-25-26-20(27(17)15-4-2-1-3-5-15)31-11-10-18(28)23-12-19(29)24-22/h1-9H,10-13,22H2,(H,23,28)(H,24,29). The summed E-state index contributed by atoms with van der Waals surface area (Å²) < 4.78 is 7.72. The normalized spacial score (nSPS) is 10.5. The second-order valence-electron chi connectivity index (χ2n) is 6.26. The molecule has 0 saturated carbocycles. The largest absolute Gasteiger partial charge is 0.486 e. The molecule has 0 aliphatic rings. The Bertz CT molecular complexity index is 1010. The molecule has 0 fully saturated rings. The maximum Gasteiger partial charge on any atom is 0.253 e. The zero-order valence-corrected chi connectivity index (χ0v) is 18.0. The Kier molecular flexibility index (Phi) is 8.27. The Morgan fingerprint density at radius 2 is 1.81 bits per heavy atom. The van der Waals surface area contributed by atoms with Crippen LogP contribution in [0.25, 0.3) is 5.69 Å². The lowest BCUT2D eigenvalue weighted by molar-refractivity contribution is -0.125. The van der Waals surface area contributed by atoms with Crippen molar-refractivity contribution in [2.24, 2.45) is 5.84 Å². The van der Waals surface area contributed by atoms with E-state index in [1.165, 1.54) is 11.8 Å². The first-order valence-corrected chi connectivity index (χ1v) is 10.7. The summed E-state index contributed by atoms with van der Waals surface area (Å²) >= 11 is 7.30. The second kappa shape index (κ2) is 11.3. The van der Waals surface area contributed by atoms with E-state index in [2.05, 4.69) is 15.5 Å². The summed E-state index contributed by atoms with van der Waals surface area (Å²) in [4.78, 5) is 23.0. The molecule has 2 aromatic carbocycles. The van der Waals surface area contributed by atoms with Crippen LogP contribution in [0.3, 0.4) is 0 Å². The summed E-state index contributed by atoms with van der Waals surface area (Å²) in [5, 5.41) is 12.3. The van der Waals surface area contributed by atoms with Crippen LogP contribution in [-0.2, 0) is 16.2 Å². The summed E-state index contributed by atoms with van der Waals surface area (Å²) in [5.41, 5.74) is 2.84. The van der Waals surface area contributed by atoms with Gasteiger partial charge in [-0.3, -0.25) is 19.6 Å². The molecule has 162 valence electrons. The summed E-state index contributed by atoms with van der Waals surface area (Å²) in [6.07, 6.45) is 0.209. The van der Waals surface area contributed by atoms with E-state index in [4.69, 9.17) is 22.2 Å². The van der Waals surface area contributed by atoms with Crippen molar-refractivity contribution in [1.29, 1.82) is 0 Å². The highest BCUT2D eigenvalue weighted by molar-refractivity contribution is 7.99. The van der Waals surface area contributed by atoms with E-state index >= 15 is 0 Å². The number of hydrazine groups is 1. The first kappa shape index (κ1) is 22.6. The highest BCUT2D eigenvalue weighted by atomic mass is 35.5. The number of nitrogens with two attached hydrogens (primary N) is 1. The van der Waals surface area contributed by atoms with E-state index in [0.717, 1.165) is 5.69 Å². The predicted octanol–water partition coefficient (Wildman–Crippen LogP) is 2.09. The number of benzene rings is 2. The summed E-state index contributed by atoms with van der Waals surface area (Å²) in [6.45, 7) is 0.0468. The Labute approximate surface area is 188 Å². The average Bonchev–Trinajstić information content (AvgIpc) is 3.20. The van der Waals surface area contributed by atoms with E-state index in [1.807, 2.05) is 40.3 Å². The average molecular weight is 461 g/mol. The quantitative estimate of drug-likeness (QED) is 0.183. The molecule has 0 aliphatic carbocycles. The molecule has 31 heavy (non-hydrogen) atoms. The number of carbonyl (C=O) groups excluding carboxylic acids is 2. The van der Waals surface area contributed by atoms with Crippen molar-refractivity contribution in [2.75, 3.05) is 12.3 Å². The number of hydrogen-bond donors (Lipinski definition) is 3. The lowest BCUT2D eigenvalue weighted by Gasteiger charge is -2.11. The van der Waals surface area contributed by atoms with E-state index < -0.39 is 5.91 Å². The molecule has 0 atom stereocenters. The number of nitrogens with one attached hydrogen (secondary N) is 2. The molecular weight excluding hydrogens is 440 g/mol. The Balaban J connectivity index is 1.66. The van der Waals surface area contributed by atoms with Crippen molar-refractivity contribution in [2.45, 2.75) is 18.2 Å². The van der Waals surface area contributed by atoms with Crippen molar-refractivity contribution in [3.05, 3.63) is 65.4 Å². The molecule has 0 radical (unpaired) electrons. The van der Waals surface area contributed by atoms with Crippen LogP contribution in [0.1, 0.15) is 12.2 Å². The number of thioether (sulfide) groups is 1. The Hall–Kier alpha value is -3.08. The van der Waals surface area contributed by atoms with Gasteiger partial charge < -0.3 is 10.1 Å². The van der Waals surface area contributed by atoms with Crippen LogP contribution in [0.5, 0.6) is 5.75 Å². The topological polar surface area (TPSA) is 124 Å². The third-order valence-corrected chi connectivity index (χ3v) is 5.25. The van der Waals surface area contributed by atoms with Crippen LogP contribution < -0.4 is 21.3 Å². The lowest BCUT2D eigenvalue weighted by atomic mass is 10.3. The van der Waals surface area contributed by atoms with Crippen molar-refractivity contribution in [3.63, 3.8) is 0 Å². The molecular formula is C20H21ClN6O3S.